The van der Waals surface area contributed by atoms with E-state index in [1.54, 1.807) is 6.07 Å². The Bertz CT molecular complexity index is 804. The van der Waals surface area contributed by atoms with Crippen LogP contribution in [-0.2, 0) is 11.3 Å². The number of fused-ring (bicyclic) bond motifs is 1. The number of rotatable bonds is 6. The van der Waals surface area contributed by atoms with Crippen LogP contribution in [0.3, 0.4) is 0 Å². The minimum Gasteiger partial charge on any atom is -0.370 e. The van der Waals surface area contributed by atoms with Crippen LogP contribution in [0.4, 0.5) is 0 Å². The second-order valence-corrected chi connectivity index (χ2v) is 6.77. The van der Waals surface area contributed by atoms with E-state index in [9.17, 15) is 4.79 Å². The molecule has 0 aliphatic carbocycles. The van der Waals surface area contributed by atoms with Crippen molar-refractivity contribution in [2.24, 2.45) is 0 Å². The number of thiocarbonyl (C=S) groups is 1. The number of nitrogens with zero attached hydrogens (tertiary/aromatic N) is 2. The van der Waals surface area contributed by atoms with Crippen molar-refractivity contribution in [1.82, 2.24) is 20.2 Å². The third-order valence-corrected chi connectivity index (χ3v) is 5.03. The first-order valence-electron chi connectivity index (χ1n) is 9.09. The molecule has 1 saturated heterocycles. The van der Waals surface area contributed by atoms with Crippen LogP contribution in [0.2, 0.25) is 0 Å². The van der Waals surface area contributed by atoms with Gasteiger partial charge in [-0.3, -0.25) is 4.79 Å². The van der Waals surface area contributed by atoms with Gasteiger partial charge in [0.1, 0.15) is 18.9 Å². The first kappa shape index (κ1) is 18.8. The molecule has 0 radical (unpaired) electrons. The van der Waals surface area contributed by atoms with Gasteiger partial charge in [0, 0.05) is 6.54 Å². The molecular formula is C18H26N5O2S+. The molecular weight excluding hydrogens is 350 g/mol. The lowest BCUT2D eigenvalue weighted by atomic mass is 10.2. The molecule has 1 aliphatic rings. The fourth-order valence-corrected chi connectivity index (χ4v) is 3.38. The van der Waals surface area contributed by atoms with Crippen molar-refractivity contribution in [3.63, 3.8) is 0 Å². The van der Waals surface area contributed by atoms with Gasteiger partial charge in [0.2, 0.25) is 0 Å². The van der Waals surface area contributed by atoms with Gasteiger partial charge in [-0.05, 0) is 31.3 Å². The van der Waals surface area contributed by atoms with E-state index in [0.717, 1.165) is 45.9 Å². The van der Waals surface area contributed by atoms with E-state index >= 15 is 0 Å². The summed E-state index contributed by atoms with van der Waals surface area (Å²) in [5.41, 5.74) is 0.591. The maximum atomic E-state index is 12.2. The average Bonchev–Trinajstić information content (AvgIpc) is 2.67. The molecule has 1 aliphatic heterocycles. The molecule has 3 N–H and O–H groups in total. The molecule has 1 aromatic carbocycles. The molecule has 8 heteroatoms. The van der Waals surface area contributed by atoms with Gasteiger partial charge in [-0.15, -0.1) is 0 Å². The summed E-state index contributed by atoms with van der Waals surface area (Å²) >= 11 is 5.53. The van der Waals surface area contributed by atoms with Crippen molar-refractivity contribution in [2.75, 3.05) is 45.9 Å². The first-order valence-corrected chi connectivity index (χ1v) is 9.50. The topological polar surface area (TPSA) is 74.7 Å². The molecule has 7 nitrogen and oxygen atoms in total. The average molecular weight is 377 g/mol. The number of H-pyrrole nitrogens is 1. The number of quaternary nitrogens is 1. The van der Waals surface area contributed by atoms with Crippen LogP contribution in [0.15, 0.2) is 29.1 Å². The highest BCUT2D eigenvalue weighted by Gasteiger charge is 2.15. The van der Waals surface area contributed by atoms with E-state index in [1.165, 1.54) is 4.90 Å². The summed E-state index contributed by atoms with van der Waals surface area (Å²) in [6, 6.07) is 7.36. The highest BCUT2D eigenvalue weighted by Crippen LogP contribution is 2.07. The summed E-state index contributed by atoms with van der Waals surface area (Å²) < 4.78 is 5.38. The van der Waals surface area contributed by atoms with Crippen LogP contribution < -0.4 is 15.8 Å². The SMILES string of the molecule is CCN(Cc1nc2ccccc2c(=O)[nH]1)C(=S)NCC[NH+]1CCOCC1. The van der Waals surface area contributed by atoms with Crippen molar-refractivity contribution >= 4 is 28.2 Å². The van der Waals surface area contributed by atoms with Crippen molar-refractivity contribution < 1.29 is 9.64 Å². The lowest BCUT2D eigenvalue weighted by molar-refractivity contribution is -0.906. The largest absolute Gasteiger partial charge is 0.370 e. The standard InChI is InChI=1S/C18H25N5O2S/c1-2-23(18(26)19-7-8-22-9-11-25-12-10-22)13-16-20-15-6-4-3-5-14(15)17(24)21-16/h3-6H,2,7-13H2,1H3,(H,19,26)(H,20,21,24)/p+1. The lowest BCUT2D eigenvalue weighted by Crippen LogP contribution is -3.14. The van der Waals surface area contributed by atoms with Crippen molar-refractivity contribution in [3.05, 3.63) is 40.4 Å². The molecule has 0 amide bonds. The maximum absolute atomic E-state index is 12.2. The highest BCUT2D eigenvalue weighted by molar-refractivity contribution is 7.80. The molecule has 0 saturated carbocycles. The van der Waals surface area contributed by atoms with Gasteiger partial charge >= 0.3 is 0 Å². The summed E-state index contributed by atoms with van der Waals surface area (Å²) in [5.74, 6) is 0.624. The molecule has 0 atom stereocenters. The van der Waals surface area contributed by atoms with Gasteiger partial charge in [0.15, 0.2) is 5.11 Å². The van der Waals surface area contributed by atoms with Crippen molar-refractivity contribution in [2.45, 2.75) is 13.5 Å². The van der Waals surface area contributed by atoms with Gasteiger partial charge in [0.05, 0.1) is 43.8 Å². The monoisotopic (exact) mass is 376 g/mol. The molecule has 26 heavy (non-hydrogen) atoms. The molecule has 1 aromatic heterocycles. The predicted molar refractivity (Wildman–Crippen MR) is 105 cm³/mol. The zero-order chi connectivity index (χ0) is 18.4. The van der Waals surface area contributed by atoms with Crippen LogP contribution >= 0.6 is 12.2 Å². The Morgan fingerprint density at radius 2 is 2.15 bits per heavy atom. The second kappa shape index (κ2) is 9.07. The van der Waals surface area contributed by atoms with Gasteiger partial charge in [-0.25, -0.2) is 4.98 Å². The normalized spacial score (nSPS) is 15.1. The van der Waals surface area contributed by atoms with Gasteiger partial charge in [0.25, 0.3) is 5.56 Å². The summed E-state index contributed by atoms with van der Waals surface area (Å²) in [6.07, 6.45) is 0. The van der Waals surface area contributed by atoms with Crippen molar-refractivity contribution in [1.29, 1.82) is 0 Å². The Morgan fingerprint density at radius 3 is 2.92 bits per heavy atom. The van der Waals surface area contributed by atoms with Crippen LogP contribution in [0.5, 0.6) is 0 Å². The highest BCUT2D eigenvalue weighted by atomic mass is 32.1. The summed E-state index contributed by atoms with van der Waals surface area (Å²) in [4.78, 5) is 23.2. The van der Waals surface area contributed by atoms with Gasteiger partial charge in [-0.2, -0.15) is 0 Å². The van der Waals surface area contributed by atoms with Gasteiger partial charge < -0.3 is 24.8 Å². The van der Waals surface area contributed by atoms with Crippen LogP contribution in [0.1, 0.15) is 12.7 Å². The Labute approximate surface area is 158 Å². The minimum atomic E-state index is -0.114. The van der Waals surface area contributed by atoms with E-state index in [2.05, 4.69) is 15.3 Å². The quantitative estimate of drug-likeness (QED) is 0.592. The lowest BCUT2D eigenvalue weighted by Gasteiger charge is -2.26. The number of benzene rings is 1. The molecule has 1 fully saturated rings. The number of ether oxygens (including phenoxy) is 1. The molecule has 2 heterocycles. The maximum Gasteiger partial charge on any atom is 0.258 e. The van der Waals surface area contributed by atoms with E-state index in [1.807, 2.05) is 30.0 Å². The van der Waals surface area contributed by atoms with Crippen LogP contribution in [0.25, 0.3) is 10.9 Å². The number of para-hydroxylation sites is 1. The second-order valence-electron chi connectivity index (χ2n) is 6.39. The number of aromatic nitrogens is 2. The Balaban J connectivity index is 1.58. The molecule has 140 valence electrons. The van der Waals surface area contributed by atoms with Gasteiger partial charge in [-0.1, -0.05) is 12.1 Å². The predicted octanol–water partition coefficient (Wildman–Crippen LogP) is -0.465. The zero-order valence-corrected chi connectivity index (χ0v) is 15.9. The Hall–Kier alpha value is -2.03. The smallest absolute Gasteiger partial charge is 0.258 e. The van der Waals surface area contributed by atoms with E-state index in [4.69, 9.17) is 17.0 Å². The minimum absolute atomic E-state index is 0.114. The van der Waals surface area contributed by atoms with E-state index in [0.29, 0.717) is 28.4 Å². The Kier molecular flexibility index (Phi) is 6.54. The summed E-state index contributed by atoms with van der Waals surface area (Å²) in [5, 5.41) is 4.62. The third kappa shape index (κ3) is 4.78. The molecule has 2 aromatic rings. The fourth-order valence-electron chi connectivity index (χ4n) is 3.09. The number of hydrogen-bond acceptors (Lipinski definition) is 4. The molecule has 0 spiro atoms. The fraction of sp³-hybridized carbons (Fsp3) is 0.500. The van der Waals surface area contributed by atoms with Crippen LogP contribution in [-0.4, -0.2) is 65.9 Å². The third-order valence-electron chi connectivity index (χ3n) is 4.63. The summed E-state index contributed by atoms with van der Waals surface area (Å²) in [6.45, 7) is 8.88. The number of aromatic amines is 1. The molecule has 0 unspecified atom stereocenters. The number of nitrogens with one attached hydrogen (secondary N) is 3. The van der Waals surface area contributed by atoms with Crippen LogP contribution in [0, 0.1) is 0 Å². The zero-order valence-electron chi connectivity index (χ0n) is 15.1. The Morgan fingerprint density at radius 1 is 1.38 bits per heavy atom. The van der Waals surface area contributed by atoms with E-state index < -0.39 is 0 Å². The molecule has 0 bridgehead atoms. The first-order chi connectivity index (χ1) is 12.7. The van der Waals surface area contributed by atoms with E-state index in [-0.39, 0.29) is 5.56 Å². The summed E-state index contributed by atoms with van der Waals surface area (Å²) in [7, 11) is 0. The number of morpholine rings is 1. The number of hydrogen-bond donors (Lipinski definition) is 3. The molecule has 3 rings (SSSR count). The van der Waals surface area contributed by atoms with Crippen molar-refractivity contribution in [3.8, 4) is 0 Å².